The van der Waals surface area contributed by atoms with Gasteiger partial charge in [-0.1, -0.05) is 6.07 Å². The van der Waals surface area contributed by atoms with E-state index in [1.54, 1.807) is 31.1 Å². The first-order valence-electron chi connectivity index (χ1n) is 5.46. The number of hydrogen-bond acceptors (Lipinski definition) is 5. The number of pyridine rings is 1. The summed E-state index contributed by atoms with van der Waals surface area (Å²) in [7, 11) is 1.64. The van der Waals surface area contributed by atoms with Gasteiger partial charge in [-0.25, -0.2) is 4.98 Å². The highest BCUT2D eigenvalue weighted by atomic mass is 32.2. The van der Waals surface area contributed by atoms with Gasteiger partial charge in [0.2, 0.25) is 0 Å². The van der Waals surface area contributed by atoms with Gasteiger partial charge in [0.1, 0.15) is 11.6 Å². The molecule has 1 aromatic carbocycles. The second-order valence-corrected chi connectivity index (χ2v) is 4.80. The van der Waals surface area contributed by atoms with Gasteiger partial charge in [-0.3, -0.25) is 0 Å². The maximum absolute atomic E-state index is 5.92. The van der Waals surface area contributed by atoms with Crippen LogP contribution in [0, 0.1) is 0 Å². The van der Waals surface area contributed by atoms with Gasteiger partial charge >= 0.3 is 0 Å². The van der Waals surface area contributed by atoms with Crippen LogP contribution in [0.25, 0.3) is 0 Å². The second kappa shape index (κ2) is 5.64. The smallest absolute Gasteiger partial charge is 0.123 e. The fourth-order valence-electron chi connectivity index (χ4n) is 1.45. The molecule has 1 aromatic heterocycles. The minimum atomic E-state index is 0.532. The van der Waals surface area contributed by atoms with Crippen LogP contribution < -0.4 is 16.2 Å². The van der Waals surface area contributed by atoms with Crippen molar-refractivity contribution in [1.82, 2.24) is 4.98 Å². The van der Waals surface area contributed by atoms with Gasteiger partial charge in [0.25, 0.3) is 0 Å². The number of anilines is 2. The molecule has 2 aromatic rings. The van der Waals surface area contributed by atoms with Crippen molar-refractivity contribution in [3.8, 4) is 5.75 Å². The first-order chi connectivity index (χ1) is 8.69. The number of ether oxygens (including phenoxy) is 1. The van der Waals surface area contributed by atoms with Crippen LogP contribution in [0.15, 0.2) is 41.4 Å². The van der Waals surface area contributed by atoms with Crippen molar-refractivity contribution in [1.29, 1.82) is 0 Å². The maximum Gasteiger partial charge on any atom is 0.123 e. The molecule has 0 aliphatic rings. The molecule has 4 N–H and O–H groups in total. The third-order valence-corrected chi connectivity index (χ3v) is 3.60. The van der Waals surface area contributed by atoms with Crippen LogP contribution in [-0.4, -0.2) is 12.1 Å². The van der Waals surface area contributed by atoms with Crippen molar-refractivity contribution in [2.45, 2.75) is 10.6 Å². The molecule has 0 spiro atoms. The van der Waals surface area contributed by atoms with Crippen LogP contribution in [0.1, 0.15) is 5.56 Å². The molecule has 0 radical (unpaired) electrons. The zero-order chi connectivity index (χ0) is 13.0. The number of methoxy groups -OCH3 is 1. The van der Waals surface area contributed by atoms with E-state index in [1.807, 2.05) is 24.3 Å². The van der Waals surface area contributed by atoms with Gasteiger partial charge in [-0.05, 0) is 29.8 Å². The molecule has 0 fully saturated rings. The molecule has 0 amide bonds. The predicted molar refractivity (Wildman–Crippen MR) is 75.6 cm³/mol. The highest BCUT2D eigenvalue weighted by Crippen LogP contribution is 2.31. The fourth-order valence-corrected chi connectivity index (χ4v) is 2.38. The van der Waals surface area contributed by atoms with Gasteiger partial charge in [0, 0.05) is 22.5 Å². The zero-order valence-corrected chi connectivity index (χ0v) is 10.9. The molecule has 0 saturated carbocycles. The first-order valence-corrected chi connectivity index (χ1v) is 6.44. The summed E-state index contributed by atoms with van der Waals surface area (Å²) in [5, 5.41) is 0. The minimum Gasteiger partial charge on any atom is -0.497 e. The van der Waals surface area contributed by atoms with Gasteiger partial charge in [-0.2, -0.15) is 0 Å². The Morgan fingerprint density at radius 1 is 1.22 bits per heavy atom. The Labute approximate surface area is 110 Å². The lowest BCUT2D eigenvalue weighted by atomic mass is 10.3. The third kappa shape index (κ3) is 3.07. The fraction of sp³-hybridized carbons (Fsp3) is 0.154. The van der Waals surface area contributed by atoms with Gasteiger partial charge in [-0.15, -0.1) is 11.8 Å². The Balaban J connectivity index is 2.07. The number of nitrogens with two attached hydrogens (primary N) is 2. The van der Waals surface area contributed by atoms with Crippen LogP contribution in [0.5, 0.6) is 5.75 Å². The standard InChI is InChI=1S/C13H15N3OS/c1-17-10-3-4-11(14)12(6-10)18-8-9-2-5-13(15)16-7-9/h2-7H,8,14H2,1H3,(H2,15,16). The van der Waals surface area contributed by atoms with E-state index in [0.29, 0.717) is 5.82 Å². The molecule has 18 heavy (non-hydrogen) atoms. The minimum absolute atomic E-state index is 0.532. The summed E-state index contributed by atoms with van der Waals surface area (Å²) in [6, 6.07) is 9.40. The summed E-state index contributed by atoms with van der Waals surface area (Å²) in [6.45, 7) is 0. The first kappa shape index (κ1) is 12.6. The molecular formula is C13H15N3OS. The molecule has 1 heterocycles. The Morgan fingerprint density at radius 3 is 2.72 bits per heavy atom. The van der Waals surface area contributed by atoms with Crippen LogP contribution in [0.2, 0.25) is 0 Å². The van der Waals surface area contributed by atoms with E-state index in [1.165, 1.54) is 0 Å². The molecule has 0 aliphatic heterocycles. The van der Waals surface area contributed by atoms with Crippen LogP contribution >= 0.6 is 11.8 Å². The molecule has 0 saturated heterocycles. The molecule has 94 valence electrons. The van der Waals surface area contributed by atoms with Gasteiger partial charge in [0.05, 0.1) is 7.11 Å². The average Bonchev–Trinajstić information content (AvgIpc) is 2.40. The highest BCUT2D eigenvalue weighted by Gasteiger charge is 2.03. The summed E-state index contributed by atoms with van der Waals surface area (Å²) in [4.78, 5) is 5.06. The van der Waals surface area contributed by atoms with Crippen molar-refractivity contribution in [2.24, 2.45) is 0 Å². The van der Waals surface area contributed by atoms with Crippen molar-refractivity contribution >= 4 is 23.3 Å². The Hall–Kier alpha value is -1.88. The topological polar surface area (TPSA) is 74.2 Å². The van der Waals surface area contributed by atoms with Gasteiger partial charge < -0.3 is 16.2 Å². The van der Waals surface area contributed by atoms with E-state index in [4.69, 9.17) is 16.2 Å². The summed E-state index contributed by atoms with van der Waals surface area (Å²) < 4.78 is 5.18. The molecule has 0 bridgehead atoms. The van der Waals surface area contributed by atoms with Gasteiger partial charge in [0.15, 0.2) is 0 Å². The number of rotatable bonds is 4. The van der Waals surface area contributed by atoms with Crippen molar-refractivity contribution in [2.75, 3.05) is 18.6 Å². The Morgan fingerprint density at radius 2 is 2.06 bits per heavy atom. The lowest BCUT2D eigenvalue weighted by Crippen LogP contribution is -1.92. The predicted octanol–water partition coefficient (Wildman–Crippen LogP) is 2.55. The lowest BCUT2D eigenvalue weighted by Gasteiger charge is -2.07. The largest absolute Gasteiger partial charge is 0.497 e. The van der Waals surface area contributed by atoms with E-state index < -0.39 is 0 Å². The van der Waals surface area contributed by atoms with Crippen LogP contribution in [0.4, 0.5) is 11.5 Å². The van der Waals surface area contributed by atoms with Crippen molar-refractivity contribution in [3.05, 3.63) is 42.1 Å². The molecule has 4 nitrogen and oxygen atoms in total. The molecule has 2 rings (SSSR count). The number of nitrogen functional groups attached to an aromatic ring is 2. The van der Waals surface area contributed by atoms with Crippen molar-refractivity contribution in [3.63, 3.8) is 0 Å². The quantitative estimate of drug-likeness (QED) is 0.653. The Kier molecular flexibility index (Phi) is 3.94. The molecule has 5 heteroatoms. The number of thioether (sulfide) groups is 1. The van der Waals surface area contributed by atoms with E-state index in [0.717, 1.165) is 27.6 Å². The second-order valence-electron chi connectivity index (χ2n) is 3.78. The molecule has 0 unspecified atom stereocenters. The lowest BCUT2D eigenvalue weighted by molar-refractivity contribution is 0.414. The zero-order valence-electron chi connectivity index (χ0n) is 10.1. The van der Waals surface area contributed by atoms with E-state index in [9.17, 15) is 0 Å². The van der Waals surface area contributed by atoms with Crippen LogP contribution in [-0.2, 0) is 5.75 Å². The monoisotopic (exact) mass is 261 g/mol. The normalized spacial score (nSPS) is 10.3. The summed E-state index contributed by atoms with van der Waals surface area (Å²) in [6.07, 6.45) is 1.78. The van der Waals surface area contributed by atoms with Crippen molar-refractivity contribution < 1.29 is 4.74 Å². The summed E-state index contributed by atoms with van der Waals surface area (Å²) in [5.41, 5.74) is 13.3. The number of nitrogens with zero attached hydrogens (tertiary/aromatic N) is 1. The third-order valence-electron chi connectivity index (χ3n) is 2.46. The van der Waals surface area contributed by atoms with Crippen LogP contribution in [0.3, 0.4) is 0 Å². The number of benzene rings is 1. The van der Waals surface area contributed by atoms with E-state index >= 15 is 0 Å². The SMILES string of the molecule is COc1ccc(N)c(SCc2ccc(N)nc2)c1. The van der Waals surface area contributed by atoms with E-state index in [2.05, 4.69) is 4.98 Å². The number of hydrogen-bond donors (Lipinski definition) is 2. The highest BCUT2D eigenvalue weighted by molar-refractivity contribution is 7.98. The summed E-state index contributed by atoms with van der Waals surface area (Å²) in [5.74, 6) is 2.14. The molecular weight excluding hydrogens is 246 g/mol. The summed E-state index contributed by atoms with van der Waals surface area (Å²) >= 11 is 1.65. The average molecular weight is 261 g/mol. The van der Waals surface area contributed by atoms with E-state index in [-0.39, 0.29) is 0 Å². The number of aromatic nitrogens is 1. The molecule has 0 atom stereocenters. The molecule has 0 aliphatic carbocycles. The Bertz CT molecular complexity index is 528. The maximum atomic E-state index is 5.92.